The third-order valence-electron chi connectivity index (χ3n) is 1.94. The van der Waals surface area contributed by atoms with Gasteiger partial charge >= 0.3 is 15.6 Å². The molecule has 0 spiro atoms. The lowest BCUT2D eigenvalue weighted by Gasteiger charge is -2.23. The van der Waals surface area contributed by atoms with Gasteiger partial charge in [-0.3, -0.25) is 27.1 Å². The summed E-state index contributed by atoms with van der Waals surface area (Å²) < 4.78 is 56.3. The van der Waals surface area contributed by atoms with Crippen LogP contribution in [-0.2, 0) is 36.3 Å². The second-order valence-corrected chi connectivity index (χ2v) is 9.33. The molecule has 0 aromatic heterocycles. The Balaban J connectivity index is 4.62. The van der Waals surface area contributed by atoms with E-state index in [1.165, 1.54) is 0 Å². The number of rotatable bonds is 13. The Morgan fingerprint density at radius 2 is 0.750 bits per heavy atom. The van der Waals surface area contributed by atoms with E-state index in [4.69, 9.17) is 27.1 Å². The van der Waals surface area contributed by atoms with Crippen LogP contribution in [0.4, 0.5) is 0 Å². The first-order chi connectivity index (χ1) is 10.9. The van der Waals surface area contributed by atoms with Gasteiger partial charge in [-0.2, -0.15) is 0 Å². The first-order valence-electron chi connectivity index (χ1n) is 8.10. The predicted molar refractivity (Wildman–Crippen MR) is 92.0 cm³/mol. The lowest BCUT2D eigenvalue weighted by atomic mass is 10.5. The molecule has 0 aromatic rings. The summed E-state index contributed by atoms with van der Waals surface area (Å²) >= 11 is 0. The summed E-state index contributed by atoms with van der Waals surface area (Å²) in [6.07, 6.45) is -1.35. The summed E-state index contributed by atoms with van der Waals surface area (Å²) in [6.45, 7) is 13.5. The standard InChI is InChI=1S/C14H32O8P2/c1-11(2)19-23(15,20-12(3)4)17-9-10-18-24(16,21-13(5)6)22-14(7)8/h11-14H,9-10H2,1-8H3. The van der Waals surface area contributed by atoms with Crippen LogP contribution in [0.2, 0.25) is 0 Å². The van der Waals surface area contributed by atoms with Crippen LogP contribution >= 0.6 is 15.6 Å². The molecule has 0 atom stereocenters. The van der Waals surface area contributed by atoms with E-state index in [0.29, 0.717) is 0 Å². The monoisotopic (exact) mass is 390 g/mol. The van der Waals surface area contributed by atoms with Gasteiger partial charge in [0.25, 0.3) is 0 Å². The summed E-state index contributed by atoms with van der Waals surface area (Å²) in [4.78, 5) is 0. The van der Waals surface area contributed by atoms with E-state index in [1.54, 1.807) is 55.4 Å². The molecule has 0 aliphatic rings. The van der Waals surface area contributed by atoms with Crippen molar-refractivity contribution in [3.8, 4) is 0 Å². The lowest BCUT2D eigenvalue weighted by molar-refractivity contribution is 0.0427. The molecule has 0 rings (SSSR count). The van der Waals surface area contributed by atoms with Gasteiger partial charge in [0.2, 0.25) is 0 Å². The lowest BCUT2D eigenvalue weighted by Crippen LogP contribution is -2.14. The summed E-state index contributed by atoms with van der Waals surface area (Å²) in [7, 11) is -7.44. The van der Waals surface area contributed by atoms with Crippen LogP contribution in [0.3, 0.4) is 0 Å². The smallest absolute Gasteiger partial charge is 0.284 e. The molecule has 0 radical (unpaired) electrons. The topological polar surface area (TPSA) is 89.5 Å². The molecule has 0 saturated heterocycles. The molecule has 0 aromatic carbocycles. The number of hydrogen-bond acceptors (Lipinski definition) is 8. The molecule has 0 heterocycles. The molecule has 0 saturated carbocycles. The minimum atomic E-state index is -3.72. The van der Waals surface area contributed by atoms with E-state index in [-0.39, 0.29) is 37.6 Å². The Labute approximate surface area is 145 Å². The molecule has 0 amide bonds. The van der Waals surface area contributed by atoms with Crippen molar-refractivity contribution in [2.45, 2.75) is 79.8 Å². The van der Waals surface area contributed by atoms with Crippen molar-refractivity contribution in [2.24, 2.45) is 0 Å². The van der Waals surface area contributed by atoms with E-state index < -0.39 is 15.6 Å². The van der Waals surface area contributed by atoms with Crippen molar-refractivity contribution in [1.29, 1.82) is 0 Å². The Hall–Kier alpha value is 0.220. The normalized spacial score (nSPS) is 13.7. The molecule has 0 unspecified atom stereocenters. The van der Waals surface area contributed by atoms with Gasteiger partial charge in [0.15, 0.2) is 0 Å². The van der Waals surface area contributed by atoms with Crippen molar-refractivity contribution in [1.82, 2.24) is 0 Å². The van der Waals surface area contributed by atoms with Crippen molar-refractivity contribution >= 4 is 15.6 Å². The van der Waals surface area contributed by atoms with E-state index >= 15 is 0 Å². The van der Waals surface area contributed by atoms with E-state index in [0.717, 1.165) is 0 Å². The third-order valence-corrected chi connectivity index (χ3v) is 5.66. The molecule has 0 aliphatic heterocycles. The molecular weight excluding hydrogens is 358 g/mol. The second kappa shape index (κ2) is 11.0. The van der Waals surface area contributed by atoms with Crippen LogP contribution in [0.25, 0.3) is 0 Å². The van der Waals surface area contributed by atoms with E-state index in [2.05, 4.69) is 0 Å². The van der Waals surface area contributed by atoms with Gasteiger partial charge in [0, 0.05) is 0 Å². The van der Waals surface area contributed by atoms with Gasteiger partial charge in [0.1, 0.15) is 0 Å². The predicted octanol–water partition coefficient (Wildman–Crippen LogP) is 4.94. The average Bonchev–Trinajstić information content (AvgIpc) is 2.30. The Bertz CT molecular complexity index is 368. The zero-order valence-corrected chi connectivity index (χ0v) is 17.7. The van der Waals surface area contributed by atoms with Gasteiger partial charge in [-0.05, 0) is 55.4 Å². The van der Waals surface area contributed by atoms with Crippen LogP contribution in [0.15, 0.2) is 0 Å². The van der Waals surface area contributed by atoms with Crippen LogP contribution in [0.5, 0.6) is 0 Å². The van der Waals surface area contributed by atoms with Gasteiger partial charge in [-0.15, -0.1) is 0 Å². The van der Waals surface area contributed by atoms with Crippen molar-refractivity contribution < 1.29 is 36.3 Å². The zero-order valence-electron chi connectivity index (χ0n) is 15.9. The molecule has 10 heteroatoms. The molecule has 146 valence electrons. The largest absolute Gasteiger partial charge is 0.475 e. The summed E-state index contributed by atoms with van der Waals surface area (Å²) in [6, 6.07) is 0. The van der Waals surface area contributed by atoms with Crippen LogP contribution in [0.1, 0.15) is 55.4 Å². The highest BCUT2D eigenvalue weighted by atomic mass is 31.2. The van der Waals surface area contributed by atoms with Crippen LogP contribution in [-0.4, -0.2) is 37.6 Å². The second-order valence-electron chi connectivity index (χ2n) is 6.18. The molecule has 0 aliphatic carbocycles. The molecule has 8 nitrogen and oxygen atoms in total. The minimum Gasteiger partial charge on any atom is -0.284 e. The first-order valence-corrected chi connectivity index (χ1v) is 11.0. The zero-order chi connectivity index (χ0) is 19.0. The summed E-state index contributed by atoms with van der Waals surface area (Å²) in [5.41, 5.74) is 0. The fourth-order valence-electron chi connectivity index (χ4n) is 1.50. The molecule has 24 heavy (non-hydrogen) atoms. The van der Waals surface area contributed by atoms with Gasteiger partial charge in [-0.1, -0.05) is 0 Å². The third kappa shape index (κ3) is 11.7. The first kappa shape index (κ1) is 24.2. The molecule has 0 fully saturated rings. The Kier molecular flexibility index (Phi) is 11.1. The maximum absolute atomic E-state index is 12.5. The van der Waals surface area contributed by atoms with Crippen molar-refractivity contribution in [3.63, 3.8) is 0 Å². The summed E-state index contributed by atoms with van der Waals surface area (Å²) in [5, 5.41) is 0. The molecular formula is C14H32O8P2. The number of hydrogen-bond donors (Lipinski definition) is 0. The van der Waals surface area contributed by atoms with Gasteiger partial charge in [0.05, 0.1) is 37.6 Å². The maximum Gasteiger partial charge on any atom is 0.475 e. The fraction of sp³-hybridized carbons (Fsp3) is 1.00. The van der Waals surface area contributed by atoms with Crippen molar-refractivity contribution in [2.75, 3.05) is 13.2 Å². The molecule has 0 bridgehead atoms. The van der Waals surface area contributed by atoms with Crippen LogP contribution in [0, 0.1) is 0 Å². The Morgan fingerprint density at radius 1 is 0.542 bits per heavy atom. The maximum atomic E-state index is 12.5. The van der Waals surface area contributed by atoms with Crippen LogP contribution < -0.4 is 0 Å². The van der Waals surface area contributed by atoms with Gasteiger partial charge in [-0.25, -0.2) is 9.13 Å². The average molecular weight is 390 g/mol. The molecule has 0 N–H and O–H groups in total. The number of phosphoric ester groups is 2. The highest BCUT2D eigenvalue weighted by Crippen LogP contribution is 2.53. The SMILES string of the molecule is CC(C)OP(=O)(OCCOP(=O)(OC(C)C)OC(C)C)OC(C)C. The minimum absolute atomic E-state index is 0.149. The quantitative estimate of drug-likeness (QED) is 0.323. The van der Waals surface area contributed by atoms with Crippen molar-refractivity contribution in [3.05, 3.63) is 0 Å². The van der Waals surface area contributed by atoms with E-state index in [1.807, 2.05) is 0 Å². The Morgan fingerprint density at radius 3 is 0.917 bits per heavy atom. The van der Waals surface area contributed by atoms with Gasteiger partial charge < -0.3 is 0 Å². The highest BCUT2D eigenvalue weighted by Gasteiger charge is 2.32. The van der Waals surface area contributed by atoms with E-state index in [9.17, 15) is 9.13 Å². The fourth-order valence-corrected chi connectivity index (χ4v) is 4.51. The highest BCUT2D eigenvalue weighted by molar-refractivity contribution is 7.48. The summed E-state index contributed by atoms with van der Waals surface area (Å²) in [5.74, 6) is 0. The number of phosphoric acid groups is 2.